The highest BCUT2D eigenvalue weighted by Crippen LogP contribution is 2.17. The molecule has 1 N–H and O–H groups in total. The number of hydrogen-bond acceptors (Lipinski definition) is 3. The van der Waals surface area contributed by atoms with Gasteiger partial charge >= 0.3 is 0 Å². The van der Waals surface area contributed by atoms with E-state index in [-0.39, 0.29) is 11.7 Å². The fraction of sp³-hybridized carbons (Fsp3) is 0.182. The van der Waals surface area contributed by atoms with E-state index in [1.165, 1.54) is 0 Å². The molecule has 0 saturated carbocycles. The first-order valence-corrected chi connectivity index (χ1v) is 8.77. The standard InChI is InChI=1S/C22H22N2O3/c1-16(22(26)23-15-17-8-6-11-19(14-17)27-2)24-13-7-12-20(24)21(25)18-9-4-3-5-10-18/h3-14,16H,15H2,1-2H3,(H,23,26). The molecule has 2 aromatic carbocycles. The molecule has 0 aliphatic heterocycles. The molecule has 27 heavy (non-hydrogen) atoms. The molecule has 0 radical (unpaired) electrons. The Morgan fingerprint density at radius 1 is 1.04 bits per heavy atom. The van der Waals surface area contributed by atoms with E-state index < -0.39 is 6.04 Å². The van der Waals surface area contributed by atoms with Crippen molar-refractivity contribution >= 4 is 11.7 Å². The zero-order valence-corrected chi connectivity index (χ0v) is 15.4. The number of nitrogens with zero attached hydrogens (tertiary/aromatic N) is 1. The number of aromatic nitrogens is 1. The van der Waals surface area contributed by atoms with Crippen LogP contribution in [0.2, 0.25) is 0 Å². The lowest BCUT2D eigenvalue weighted by atomic mass is 10.1. The molecule has 0 aliphatic rings. The summed E-state index contributed by atoms with van der Waals surface area (Å²) in [6, 6.07) is 19.6. The van der Waals surface area contributed by atoms with Crippen LogP contribution in [0.3, 0.4) is 0 Å². The Bertz CT molecular complexity index is 931. The fourth-order valence-corrected chi connectivity index (χ4v) is 2.91. The predicted octanol–water partition coefficient (Wildman–Crippen LogP) is 3.61. The first-order valence-electron chi connectivity index (χ1n) is 8.77. The Labute approximate surface area is 158 Å². The summed E-state index contributed by atoms with van der Waals surface area (Å²) >= 11 is 0. The van der Waals surface area contributed by atoms with E-state index >= 15 is 0 Å². The molecule has 1 unspecified atom stereocenters. The second-order valence-electron chi connectivity index (χ2n) is 6.24. The van der Waals surface area contributed by atoms with E-state index in [4.69, 9.17) is 4.74 Å². The van der Waals surface area contributed by atoms with Crippen molar-refractivity contribution < 1.29 is 14.3 Å². The molecule has 0 spiro atoms. The van der Waals surface area contributed by atoms with E-state index in [9.17, 15) is 9.59 Å². The van der Waals surface area contributed by atoms with Gasteiger partial charge in [0.05, 0.1) is 12.8 Å². The van der Waals surface area contributed by atoms with Gasteiger partial charge in [0, 0.05) is 18.3 Å². The van der Waals surface area contributed by atoms with Crippen LogP contribution in [0.25, 0.3) is 0 Å². The van der Waals surface area contributed by atoms with Gasteiger partial charge < -0.3 is 14.6 Å². The van der Waals surface area contributed by atoms with E-state index in [1.54, 1.807) is 49.1 Å². The third kappa shape index (κ3) is 4.26. The molecular formula is C22H22N2O3. The summed E-state index contributed by atoms with van der Waals surface area (Å²) in [6.45, 7) is 2.17. The maximum atomic E-state index is 12.7. The topological polar surface area (TPSA) is 60.3 Å². The number of amides is 1. The average Bonchev–Trinajstić information content (AvgIpc) is 3.21. The van der Waals surface area contributed by atoms with Gasteiger partial charge in [-0.15, -0.1) is 0 Å². The number of rotatable bonds is 7. The number of hydrogen-bond donors (Lipinski definition) is 1. The maximum Gasteiger partial charge on any atom is 0.243 e. The van der Waals surface area contributed by atoms with Crippen molar-refractivity contribution in [3.8, 4) is 5.75 Å². The first kappa shape index (κ1) is 18.5. The van der Waals surface area contributed by atoms with Crippen LogP contribution in [-0.2, 0) is 11.3 Å². The van der Waals surface area contributed by atoms with Crippen molar-refractivity contribution in [3.05, 3.63) is 89.7 Å². The molecule has 0 aliphatic carbocycles. The molecule has 0 fully saturated rings. The highest BCUT2D eigenvalue weighted by atomic mass is 16.5. The molecule has 138 valence electrons. The number of carbonyl (C=O) groups excluding carboxylic acids is 2. The van der Waals surface area contributed by atoms with Crippen molar-refractivity contribution in [2.75, 3.05) is 7.11 Å². The lowest BCUT2D eigenvalue weighted by Crippen LogP contribution is -2.31. The minimum Gasteiger partial charge on any atom is -0.497 e. The summed E-state index contributed by atoms with van der Waals surface area (Å²) in [7, 11) is 1.61. The van der Waals surface area contributed by atoms with Gasteiger partial charge in [-0.3, -0.25) is 9.59 Å². The summed E-state index contributed by atoms with van der Waals surface area (Å²) in [5.74, 6) is 0.486. The maximum absolute atomic E-state index is 12.7. The predicted molar refractivity (Wildman–Crippen MR) is 104 cm³/mol. The van der Waals surface area contributed by atoms with Gasteiger partial charge in [0.2, 0.25) is 11.7 Å². The highest BCUT2D eigenvalue weighted by molar-refractivity contribution is 6.08. The van der Waals surface area contributed by atoms with Gasteiger partial charge in [0.25, 0.3) is 0 Å². The van der Waals surface area contributed by atoms with Crippen LogP contribution in [0.4, 0.5) is 0 Å². The van der Waals surface area contributed by atoms with Crippen molar-refractivity contribution in [2.45, 2.75) is 19.5 Å². The van der Waals surface area contributed by atoms with Crippen LogP contribution in [0.5, 0.6) is 5.75 Å². The zero-order valence-electron chi connectivity index (χ0n) is 15.4. The third-order valence-corrected chi connectivity index (χ3v) is 4.45. The van der Waals surface area contributed by atoms with E-state index in [2.05, 4.69) is 5.32 Å². The monoisotopic (exact) mass is 362 g/mol. The smallest absolute Gasteiger partial charge is 0.243 e. The van der Waals surface area contributed by atoms with Gasteiger partial charge in [-0.1, -0.05) is 42.5 Å². The molecule has 5 nitrogen and oxygen atoms in total. The molecule has 1 amide bonds. The van der Waals surface area contributed by atoms with Gasteiger partial charge in [-0.25, -0.2) is 0 Å². The van der Waals surface area contributed by atoms with Crippen LogP contribution in [0.15, 0.2) is 72.9 Å². The molecule has 3 aromatic rings. The molecule has 3 rings (SSSR count). The fourth-order valence-electron chi connectivity index (χ4n) is 2.91. The number of ketones is 1. The summed E-state index contributed by atoms with van der Waals surface area (Å²) in [5.41, 5.74) is 2.04. The molecule has 0 bridgehead atoms. The first-order chi connectivity index (χ1) is 13.1. The highest BCUT2D eigenvalue weighted by Gasteiger charge is 2.20. The lowest BCUT2D eigenvalue weighted by molar-refractivity contribution is -0.124. The SMILES string of the molecule is COc1cccc(CNC(=O)C(C)n2cccc2C(=O)c2ccccc2)c1. The Morgan fingerprint density at radius 3 is 2.56 bits per heavy atom. The quantitative estimate of drug-likeness (QED) is 0.653. The lowest BCUT2D eigenvalue weighted by Gasteiger charge is -2.17. The summed E-state index contributed by atoms with van der Waals surface area (Å²) in [6.07, 6.45) is 1.76. The normalized spacial score (nSPS) is 11.6. The Kier molecular flexibility index (Phi) is 5.71. The van der Waals surface area contributed by atoms with Gasteiger partial charge in [0.15, 0.2) is 0 Å². The summed E-state index contributed by atoms with van der Waals surface area (Å²) in [5, 5.41) is 2.92. The molecule has 0 saturated heterocycles. The van der Waals surface area contributed by atoms with Gasteiger partial charge in [-0.2, -0.15) is 0 Å². The second kappa shape index (κ2) is 8.36. The summed E-state index contributed by atoms with van der Waals surface area (Å²) in [4.78, 5) is 25.3. The minimum atomic E-state index is -0.506. The van der Waals surface area contributed by atoms with Crippen molar-refractivity contribution in [2.24, 2.45) is 0 Å². The van der Waals surface area contributed by atoms with Crippen molar-refractivity contribution in [3.63, 3.8) is 0 Å². The van der Waals surface area contributed by atoms with Crippen LogP contribution in [0, 0.1) is 0 Å². The number of benzene rings is 2. The molecule has 1 aromatic heterocycles. The van der Waals surface area contributed by atoms with Crippen LogP contribution in [-0.4, -0.2) is 23.4 Å². The third-order valence-electron chi connectivity index (χ3n) is 4.45. The minimum absolute atomic E-state index is 0.104. The molecule has 1 atom stereocenters. The number of methoxy groups -OCH3 is 1. The molecule has 1 heterocycles. The Balaban J connectivity index is 1.70. The largest absolute Gasteiger partial charge is 0.497 e. The van der Waals surface area contributed by atoms with Crippen LogP contribution in [0.1, 0.15) is 34.6 Å². The van der Waals surface area contributed by atoms with Crippen molar-refractivity contribution in [1.82, 2.24) is 9.88 Å². The van der Waals surface area contributed by atoms with Crippen LogP contribution < -0.4 is 10.1 Å². The van der Waals surface area contributed by atoms with Gasteiger partial charge in [0.1, 0.15) is 11.8 Å². The number of carbonyl (C=O) groups is 2. The average molecular weight is 362 g/mol. The summed E-state index contributed by atoms with van der Waals surface area (Å²) < 4.78 is 6.90. The Morgan fingerprint density at radius 2 is 1.81 bits per heavy atom. The van der Waals surface area contributed by atoms with Gasteiger partial charge in [-0.05, 0) is 36.8 Å². The number of ether oxygens (including phenoxy) is 1. The molecular weight excluding hydrogens is 340 g/mol. The van der Waals surface area contributed by atoms with E-state index in [1.807, 2.05) is 42.5 Å². The number of nitrogens with one attached hydrogen (secondary N) is 1. The second-order valence-corrected chi connectivity index (χ2v) is 6.24. The van der Waals surface area contributed by atoms with E-state index in [0.717, 1.165) is 11.3 Å². The zero-order chi connectivity index (χ0) is 19.2. The van der Waals surface area contributed by atoms with Crippen LogP contribution >= 0.6 is 0 Å². The van der Waals surface area contributed by atoms with E-state index in [0.29, 0.717) is 17.8 Å². The Hall–Kier alpha value is -3.34. The van der Waals surface area contributed by atoms with Crippen molar-refractivity contribution in [1.29, 1.82) is 0 Å². The molecule has 5 heteroatoms.